The molecule has 0 radical (unpaired) electrons. The number of halogens is 1. The van der Waals surface area contributed by atoms with Crippen molar-refractivity contribution in [2.75, 3.05) is 5.32 Å². The maximum absolute atomic E-state index is 13.2. The molecule has 3 rings (SSSR count). The Labute approximate surface area is 135 Å². The smallest absolute Gasteiger partial charge is 0.265 e. The predicted octanol–water partition coefficient (Wildman–Crippen LogP) is 4.11. The van der Waals surface area contributed by atoms with Gasteiger partial charge in [-0.15, -0.1) is 0 Å². The molecule has 1 atom stereocenters. The van der Waals surface area contributed by atoms with Gasteiger partial charge in [-0.25, -0.2) is 4.39 Å². The molecule has 0 unspecified atom stereocenters. The predicted molar refractivity (Wildman–Crippen MR) is 88.2 cm³/mol. The molecule has 3 nitrogen and oxygen atoms in total. The van der Waals surface area contributed by atoms with Crippen LogP contribution in [-0.2, 0) is 17.6 Å². The van der Waals surface area contributed by atoms with E-state index < -0.39 is 6.10 Å². The van der Waals surface area contributed by atoms with Crippen molar-refractivity contribution in [3.05, 3.63) is 59.4 Å². The Morgan fingerprint density at radius 2 is 1.96 bits per heavy atom. The lowest BCUT2D eigenvalue weighted by Crippen LogP contribution is -2.30. The number of anilines is 1. The maximum atomic E-state index is 13.2. The molecule has 0 saturated carbocycles. The van der Waals surface area contributed by atoms with E-state index in [2.05, 4.69) is 11.4 Å². The number of nitrogens with one attached hydrogen (secondary N) is 1. The van der Waals surface area contributed by atoms with Gasteiger partial charge >= 0.3 is 0 Å². The van der Waals surface area contributed by atoms with Crippen LogP contribution < -0.4 is 10.1 Å². The number of aryl methyl sites for hydroxylation is 1. The molecule has 1 aliphatic rings. The van der Waals surface area contributed by atoms with E-state index in [4.69, 9.17) is 4.74 Å². The third-order valence-electron chi connectivity index (χ3n) is 4.12. The molecular weight excluding hydrogens is 293 g/mol. The molecule has 23 heavy (non-hydrogen) atoms. The van der Waals surface area contributed by atoms with Crippen molar-refractivity contribution in [2.45, 2.75) is 38.7 Å². The van der Waals surface area contributed by atoms with E-state index in [0.29, 0.717) is 5.69 Å². The van der Waals surface area contributed by atoms with Gasteiger partial charge in [0.15, 0.2) is 6.10 Å². The Morgan fingerprint density at radius 1 is 1.17 bits per heavy atom. The summed E-state index contributed by atoms with van der Waals surface area (Å²) >= 11 is 0. The monoisotopic (exact) mass is 313 g/mol. The summed E-state index contributed by atoms with van der Waals surface area (Å²) in [6, 6.07) is 11.8. The Kier molecular flexibility index (Phi) is 4.60. The second kappa shape index (κ2) is 6.82. The summed E-state index contributed by atoms with van der Waals surface area (Å²) in [5.41, 5.74) is 2.95. The van der Waals surface area contributed by atoms with Gasteiger partial charge in [-0.3, -0.25) is 4.79 Å². The number of ether oxygens (including phenoxy) is 1. The van der Waals surface area contributed by atoms with Gasteiger partial charge in [0.1, 0.15) is 11.6 Å². The second-order valence-electron chi connectivity index (χ2n) is 5.86. The summed E-state index contributed by atoms with van der Waals surface area (Å²) < 4.78 is 19.0. The molecule has 120 valence electrons. The minimum atomic E-state index is -0.647. The van der Waals surface area contributed by atoms with Gasteiger partial charge in [0, 0.05) is 5.69 Å². The van der Waals surface area contributed by atoms with Crippen LogP contribution in [0.25, 0.3) is 0 Å². The van der Waals surface area contributed by atoms with E-state index in [1.807, 2.05) is 12.1 Å². The fraction of sp³-hybridized carbons (Fsp3) is 0.316. The molecule has 0 saturated heterocycles. The Bertz CT molecular complexity index is 714. The zero-order valence-corrected chi connectivity index (χ0v) is 13.1. The van der Waals surface area contributed by atoms with Gasteiger partial charge in [0.05, 0.1) is 0 Å². The van der Waals surface area contributed by atoms with Crippen LogP contribution in [0.2, 0.25) is 0 Å². The topological polar surface area (TPSA) is 38.3 Å². The molecule has 1 N–H and O–H groups in total. The standard InChI is InChI=1S/C19H20FNO2/c1-13(19(22)21-16-9-5-8-15(20)12-16)23-18-11-4-7-14-6-2-3-10-17(14)18/h4-5,7-9,11-13H,2-3,6,10H2,1H3,(H,21,22)/t13-/m1/s1. The summed E-state index contributed by atoms with van der Waals surface area (Å²) in [6.45, 7) is 1.71. The first-order valence-corrected chi connectivity index (χ1v) is 7.97. The van der Waals surface area contributed by atoms with Crippen molar-refractivity contribution in [3.8, 4) is 5.75 Å². The quantitative estimate of drug-likeness (QED) is 0.922. The highest BCUT2D eigenvalue weighted by Gasteiger charge is 2.19. The molecule has 0 aliphatic heterocycles. The Hall–Kier alpha value is -2.36. The number of carbonyl (C=O) groups is 1. The van der Waals surface area contributed by atoms with Gasteiger partial charge in [-0.2, -0.15) is 0 Å². The lowest BCUT2D eigenvalue weighted by molar-refractivity contribution is -0.122. The summed E-state index contributed by atoms with van der Waals surface area (Å²) in [6.07, 6.45) is 3.76. The van der Waals surface area contributed by atoms with Gasteiger partial charge in [0.2, 0.25) is 0 Å². The second-order valence-corrected chi connectivity index (χ2v) is 5.86. The highest BCUT2D eigenvalue weighted by Crippen LogP contribution is 2.30. The minimum absolute atomic E-state index is 0.288. The van der Waals surface area contributed by atoms with E-state index in [9.17, 15) is 9.18 Å². The van der Waals surface area contributed by atoms with Gasteiger partial charge in [-0.1, -0.05) is 18.2 Å². The third-order valence-corrected chi connectivity index (χ3v) is 4.12. The molecule has 0 spiro atoms. The molecule has 2 aromatic rings. The Balaban J connectivity index is 1.69. The highest BCUT2D eigenvalue weighted by atomic mass is 19.1. The number of amides is 1. The lowest BCUT2D eigenvalue weighted by Gasteiger charge is -2.22. The molecule has 1 aliphatic carbocycles. The fourth-order valence-electron chi connectivity index (χ4n) is 2.91. The number of hydrogen-bond donors (Lipinski definition) is 1. The summed E-state index contributed by atoms with van der Waals surface area (Å²) in [7, 11) is 0. The van der Waals surface area contributed by atoms with Crippen LogP contribution in [0.3, 0.4) is 0 Å². The molecule has 0 heterocycles. The lowest BCUT2D eigenvalue weighted by atomic mass is 9.91. The minimum Gasteiger partial charge on any atom is -0.481 e. The summed E-state index contributed by atoms with van der Waals surface area (Å²) in [4.78, 5) is 12.2. The number of carbonyl (C=O) groups excluding carboxylic acids is 1. The van der Waals surface area contributed by atoms with Crippen molar-refractivity contribution in [2.24, 2.45) is 0 Å². The molecule has 0 fully saturated rings. The first-order chi connectivity index (χ1) is 11.1. The zero-order valence-electron chi connectivity index (χ0n) is 13.1. The fourth-order valence-corrected chi connectivity index (χ4v) is 2.91. The van der Waals surface area contributed by atoms with Crippen LogP contribution in [0.15, 0.2) is 42.5 Å². The van der Waals surface area contributed by atoms with Crippen LogP contribution in [-0.4, -0.2) is 12.0 Å². The number of benzene rings is 2. The van der Waals surface area contributed by atoms with Crippen molar-refractivity contribution >= 4 is 11.6 Å². The summed E-state index contributed by atoms with van der Waals surface area (Å²) in [5.74, 6) is 0.113. The van der Waals surface area contributed by atoms with Crippen molar-refractivity contribution in [1.82, 2.24) is 0 Å². The van der Waals surface area contributed by atoms with E-state index in [1.165, 1.54) is 29.7 Å². The van der Waals surface area contributed by atoms with Crippen LogP contribution >= 0.6 is 0 Å². The highest BCUT2D eigenvalue weighted by molar-refractivity contribution is 5.94. The molecule has 1 amide bonds. The Morgan fingerprint density at radius 3 is 2.78 bits per heavy atom. The van der Waals surface area contributed by atoms with Crippen molar-refractivity contribution in [1.29, 1.82) is 0 Å². The summed E-state index contributed by atoms with van der Waals surface area (Å²) in [5, 5.41) is 2.68. The molecule has 2 aromatic carbocycles. The van der Waals surface area contributed by atoms with Crippen LogP contribution in [0.5, 0.6) is 5.75 Å². The molecule has 4 heteroatoms. The van der Waals surface area contributed by atoms with Crippen LogP contribution in [0.1, 0.15) is 30.9 Å². The maximum Gasteiger partial charge on any atom is 0.265 e. The zero-order chi connectivity index (χ0) is 16.2. The van der Waals surface area contributed by atoms with Gasteiger partial charge in [-0.05, 0) is 68.0 Å². The van der Waals surface area contributed by atoms with E-state index in [1.54, 1.807) is 19.1 Å². The average Bonchev–Trinajstić information content (AvgIpc) is 2.55. The number of fused-ring (bicyclic) bond motifs is 1. The van der Waals surface area contributed by atoms with Crippen molar-refractivity contribution in [3.63, 3.8) is 0 Å². The van der Waals surface area contributed by atoms with Gasteiger partial charge < -0.3 is 10.1 Å². The molecule has 0 aromatic heterocycles. The number of rotatable bonds is 4. The van der Waals surface area contributed by atoms with E-state index >= 15 is 0 Å². The third kappa shape index (κ3) is 3.70. The first kappa shape index (κ1) is 15.5. The number of hydrogen-bond acceptors (Lipinski definition) is 2. The van der Waals surface area contributed by atoms with Crippen LogP contribution in [0.4, 0.5) is 10.1 Å². The van der Waals surface area contributed by atoms with Crippen LogP contribution in [0, 0.1) is 5.82 Å². The first-order valence-electron chi connectivity index (χ1n) is 7.97. The van der Waals surface area contributed by atoms with E-state index in [0.717, 1.165) is 25.0 Å². The SMILES string of the molecule is C[C@@H](Oc1cccc2c1CCCC2)C(=O)Nc1cccc(F)c1. The largest absolute Gasteiger partial charge is 0.481 e. The average molecular weight is 313 g/mol. The molecular formula is C19H20FNO2. The van der Waals surface area contributed by atoms with Crippen molar-refractivity contribution < 1.29 is 13.9 Å². The van der Waals surface area contributed by atoms with Gasteiger partial charge in [0.25, 0.3) is 5.91 Å². The molecule has 0 bridgehead atoms. The van der Waals surface area contributed by atoms with E-state index in [-0.39, 0.29) is 11.7 Å². The normalized spacial score (nSPS) is 14.7.